The molecule has 2 radical (unpaired) electrons. The van der Waals surface area contributed by atoms with Crippen molar-refractivity contribution in [3.05, 3.63) is 485 Å². The van der Waals surface area contributed by atoms with Gasteiger partial charge in [-0.25, -0.2) is 0 Å². The summed E-state index contributed by atoms with van der Waals surface area (Å²) in [4.78, 5) is 14.0. The van der Waals surface area contributed by atoms with Crippen LogP contribution in [-0.4, -0.2) is 7.98 Å². The number of fused-ring (bicyclic) bond motifs is 5. The normalized spacial score (nSPS) is 10.9. The second kappa shape index (κ2) is 35.2. The third-order valence-electron chi connectivity index (χ3n) is 21.7. The van der Waals surface area contributed by atoms with Crippen molar-refractivity contribution in [3.63, 3.8) is 0 Å². The second-order valence-corrected chi connectivity index (χ2v) is 29.3. The van der Waals surface area contributed by atoms with Crippen molar-refractivity contribution in [1.82, 2.24) is 0 Å². The van der Waals surface area contributed by atoms with E-state index in [9.17, 15) is 0 Å². The van der Waals surface area contributed by atoms with Crippen LogP contribution in [0.4, 0.5) is 102 Å². The van der Waals surface area contributed by atoms with Crippen molar-refractivity contribution < 1.29 is 0 Å². The fourth-order valence-corrected chi connectivity index (χ4v) is 16.1. The Kier molecular flexibility index (Phi) is 22.2. The Bertz CT molecular complexity index is 6260. The summed E-state index contributed by atoms with van der Waals surface area (Å²) in [5, 5.41) is 12.2. The molecule has 0 heterocycles. The van der Waals surface area contributed by atoms with Gasteiger partial charge < -0.3 is 34.1 Å². The molecular weight excluding hydrogens is 1460 g/mol. The van der Waals surface area contributed by atoms with Crippen LogP contribution in [-0.2, 0) is 0 Å². The SMILES string of the molecule is [B]N=P.c1ccc(N(c2ccc(-c3ccc(N(c4ccccc4)c4cccc5ccccc45)cc3)cc2)c2cccc3ccccc23)cc1.c1ccc(N(c2ccc(N(c3ccc(N(c4ccccc4)c4ccc5ccccc5c4)cc3)c3ccc(N(c4ccccc4)c4ccc5ccccc5c4)cc3)cc2)c2ccc3ccccc3c2)cc1. The lowest BCUT2D eigenvalue weighted by molar-refractivity contribution is 1.24. The number of rotatable bonds is 19. The maximum Gasteiger partial charge on any atom is 0.265 e. The molecule has 20 rings (SSSR count). The zero-order chi connectivity index (χ0) is 80.1. The molecule has 119 heavy (non-hydrogen) atoms. The van der Waals surface area contributed by atoms with Crippen molar-refractivity contribution in [3.8, 4) is 11.1 Å². The van der Waals surface area contributed by atoms with E-state index in [4.69, 9.17) is 0 Å². The number of hydrogen-bond acceptors (Lipinski definition) is 7. The fraction of sp³-hybridized carbons (Fsp3) is 0. The highest BCUT2D eigenvalue weighted by Gasteiger charge is 2.23. The van der Waals surface area contributed by atoms with Crippen molar-refractivity contribution in [2.45, 2.75) is 0 Å². The van der Waals surface area contributed by atoms with E-state index in [0.717, 1.165) is 102 Å². The summed E-state index contributed by atoms with van der Waals surface area (Å²) in [5.41, 5.74) is 22.1. The van der Waals surface area contributed by atoms with Crippen LogP contribution in [0.2, 0.25) is 0 Å². The lowest BCUT2D eigenvalue weighted by atomic mass is 10.0. The summed E-state index contributed by atoms with van der Waals surface area (Å²) in [5.74, 6) is 0. The van der Waals surface area contributed by atoms with Crippen molar-refractivity contribution >= 4 is 173 Å². The monoisotopic (exact) mass is 1540 g/mol. The van der Waals surface area contributed by atoms with Crippen LogP contribution in [0, 0.1) is 0 Å². The molecule has 0 aliphatic carbocycles. The molecule has 0 aliphatic heterocycles. The molecule has 0 atom stereocenters. The maximum atomic E-state index is 4.39. The van der Waals surface area contributed by atoms with Gasteiger partial charge in [-0.15, -0.1) is 0 Å². The van der Waals surface area contributed by atoms with E-state index >= 15 is 0 Å². The summed E-state index contributed by atoms with van der Waals surface area (Å²) >= 11 is 0. The predicted octanol–water partition coefficient (Wildman–Crippen LogP) is 32.0. The predicted molar refractivity (Wildman–Crippen MR) is 510 cm³/mol. The van der Waals surface area contributed by atoms with E-state index in [1.165, 1.54) is 65.0 Å². The third kappa shape index (κ3) is 16.3. The van der Waals surface area contributed by atoms with E-state index in [2.05, 4.69) is 536 Å². The molecule has 20 aromatic carbocycles. The molecule has 564 valence electrons. The largest absolute Gasteiger partial charge is 0.344 e. The smallest absolute Gasteiger partial charge is 0.265 e. The molecule has 7 nitrogen and oxygen atoms in total. The molecule has 0 saturated carbocycles. The Hall–Kier alpha value is -15.3. The van der Waals surface area contributed by atoms with Gasteiger partial charge in [-0.2, -0.15) is 0 Å². The van der Waals surface area contributed by atoms with E-state index < -0.39 is 0 Å². The van der Waals surface area contributed by atoms with Crippen LogP contribution in [0.3, 0.4) is 0 Å². The minimum Gasteiger partial charge on any atom is -0.344 e. The van der Waals surface area contributed by atoms with Crippen LogP contribution < -0.4 is 29.4 Å². The quantitative estimate of drug-likeness (QED) is 0.0593. The van der Waals surface area contributed by atoms with Crippen LogP contribution in [0.15, 0.2) is 490 Å². The standard InChI is InChI=1S/C66H48N4.C44H32N2.BHNP/c1-4-22-55(23-5-1)68(64-31-28-49-16-10-13-19-52(49)46-64)61-40-34-58(35-41-61)67(59-36-42-62(43-37-59)69(56-24-6-2-7-25-56)65-32-29-50-17-11-14-20-53(50)47-65)60-38-44-63(45-39-60)70(57-26-8-3-9-27-57)66-33-30-51-18-12-15-21-54(51)48-66;1-3-17-37(18-4-1)45(43-23-11-15-35-13-7-9-21-41(35)43)39-29-25-33(26-30-39)34-27-31-40(32-28-34)46(38-19-5-2-6-20-38)44-24-12-16-36-14-8-10-22-42(36)44;1-2-3/h1-48H;1-32H;3H. The van der Waals surface area contributed by atoms with Gasteiger partial charge >= 0.3 is 0 Å². The maximum absolute atomic E-state index is 4.39. The van der Waals surface area contributed by atoms with Crippen LogP contribution >= 0.6 is 9.03 Å². The number of para-hydroxylation sites is 5. The van der Waals surface area contributed by atoms with E-state index in [1.54, 1.807) is 0 Å². The van der Waals surface area contributed by atoms with Gasteiger partial charge in [0.1, 0.15) is 0 Å². The van der Waals surface area contributed by atoms with Gasteiger partial charge in [0.25, 0.3) is 7.98 Å². The highest BCUT2D eigenvalue weighted by molar-refractivity contribution is 7.05. The minimum atomic E-state index is 1.04. The van der Waals surface area contributed by atoms with Gasteiger partial charge in [0, 0.05) is 102 Å². The first kappa shape index (κ1) is 75.0. The van der Waals surface area contributed by atoms with Crippen LogP contribution in [0.5, 0.6) is 0 Å². The minimum absolute atomic E-state index is 1.04. The van der Waals surface area contributed by atoms with Crippen LogP contribution in [0.1, 0.15) is 0 Å². The van der Waals surface area contributed by atoms with Gasteiger partial charge in [-0.3, -0.25) is 0 Å². The molecule has 0 bridgehead atoms. The second-order valence-electron chi connectivity index (χ2n) is 29.1. The number of hydrogen-bond donors (Lipinski definition) is 0. The lowest BCUT2D eigenvalue weighted by Gasteiger charge is -2.30. The topological polar surface area (TPSA) is 31.8 Å². The highest BCUT2D eigenvalue weighted by Crippen LogP contribution is 2.47. The molecule has 20 aromatic rings. The van der Waals surface area contributed by atoms with Crippen molar-refractivity contribution in [2.75, 3.05) is 29.4 Å². The summed E-state index contributed by atoms with van der Waals surface area (Å²) in [6, 6.07) is 174. The van der Waals surface area contributed by atoms with Crippen molar-refractivity contribution in [1.29, 1.82) is 0 Å². The van der Waals surface area contributed by atoms with E-state index in [1.807, 2.05) is 0 Å². The Morgan fingerprint density at radius 1 is 0.151 bits per heavy atom. The Morgan fingerprint density at radius 3 is 0.597 bits per heavy atom. The van der Waals surface area contributed by atoms with Crippen LogP contribution in [0.25, 0.3) is 65.0 Å². The first-order chi connectivity index (χ1) is 58.9. The summed E-state index contributed by atoms with van der Waals surface area (Å²) in [7, 11) is 6.97. The average Bonchev–Trinajstić information content (AvgIpc) is 0.797. The molecule has 0 saturated heterocycles. The molecule has 0 spiro atoms. The zero-order valence-corrected chi connectivity index (χ0v) is 66.4. The number of benzene rings is 20. The molecule has 0 unspecified atom stereocenters. The zero-order valence-electron chi connectivity index (χ0n) is 65.4. The molecule has 0 aromatic heterocycles. The first-order valence-electron chi connectivity index (χ1n) is 40.0. The van der Waals surface area contributed by atoms with E-state index in [0.29, 0.717) is 0 Å². The van der Waals surface area contributed by atoms with Crippen molar-refractivity contribution in [2.24, 2.45) is 4.66 Å². The fourth-order valence-electron chi connectivity index (χ4n) is 16.1. The Morgan fingerprint density at radius 2 is 0.328 bits per heavy atom. The molecule has 0 fully saturated rings. The number of nitrogens with zero attached hydrogens (tertiary/aromatic N) is 7. The average molecular weight is 1540 g/mol. The van der Waals surface area contributed by atoms with Gasteiger partial charge in [-0.1, -0.05) is 279 Å². The summed E-state index contributed by atoms with van der Waals surface area (Å²) in [6.45, 7) is 0. The third-order valence-corrected chi connectivity index (χ3v) is 21.7. The highest BCUT2D eigenvalue weighted by atomic mass is 31.0. The molecule has 0 amide bonds. The van der Waals surface area contributed by atoms with Gasteiger partial charge in [-0.05, 0) is 270 Å². The lowest BCUT2D eigenvalue weighted by Crippen LogP contribution is -2.14. The Labute approximate surface area is 699 Å². The van der Waals surface area contributed by atoms with Gasteiger partial charge in [0.05, 0.1) is 11.4 Å². The first-order valence-corrected chi connectivity index (χ1v) is 40.5. The van der Waals surface area contributed by atoms with Gasteiger partial charge in [0.15, 0.2) is 0 Å². The molecule has 9 heteroatoms. The Balaban J connectivity index is 0.000000172. The summed E-state index contributed by atoms with van der Waals surface area (Å²) in [6.07, 6.45) is 0. The molecular formula is C110H81BN7P. The van der Waals surface area contributed by atoms with Gasteiger partial charge in [0.2, 0.25) is 0 Å². The van der Waals surface area contributed by atoms with E-state index in [-0.39, 0.29) is 0 Å². The molecule has 0 N–H and O–H groups in total. The summed E-state index contributed by atoms with van der Waals surface area (Å²) < 4.78 is 2.81. The molecule has 0 aliphatic rings. The number of anilines is 18.